The first kappa shape index (κ1) is 22.4. The van der Waals surface area contributed by atoms with Gasteiger partial charge in [-0.05, 0) is 30.3 Å². The molecule has 22 heavy (non-hydrogen) atoms. The van der Waals surface area contributed by atoms with E-state index in [-0.39, 0.29) is 0 Å². The molecule has 0 saturated heterocycles. The monoisotopic (exact) mass is 328 g/mol. The lowest BCUT2D eigenvalue weighted by molar-refractivity contribution is 0.312. The Bertz CT molecular complexity index is 212. The van der Waals surface area contributed by atoms with Gasteiger partial charge in [0, 0.05) is 0 Å². The minimum Gasteiger partial charge on any atom is -0.131 e. The van der Waals surface area contributed by atoms with Crippen LogP contribution in [0.2, 0.25) is 0 Å². The number of rotatable bonds is 16. The summed E-state index contributed by atoms with van der Waals surface area (Å²) in [7, 11) is 3.33. The van der Waals surface area contributed by atoms with Crippen molar-refractivity contribution in [2.75, 3.05) is 0 Å². The van der Waals surface area contributed by atoms with Crippen LogP contribution in [0.5, 0.6) is 0 Å². The molecule has 0 bridgehead atoms. The number of hydrogen-bond donors (Lipinski definition) is 0. The van der Waals surface area contributed by atoms with Crippen molar-refractivity contribution in [3.8, 4) is 0 Å². The summed E-state index contributed by atoms with van der Waals surface area (Å²) >= 11 is 0. The van der Waals surface area contributed by atoms with Gasteiger partial charge in [0.25, 0.3) is 0 Å². The number of hydrogen-bond acceptors (Lipinski definition) is 0. The van der Waals surface area contributed by atoms with E-state index in [1.165, 1.54) is 96.3 Å². The van der Waals surface area contributed by atoms with E-state index in [9.17, 15) is 0 Å². The molecule has 2 atom stereocenters. The van der Waals surface area contributed by atoms with Crippen molar-refractivity contribution in [3.63, 3.8) is 0 Å². The summed E-state index contributed by atoms with van der Waals surface area (Å²) in [5.74, 6) is 0.873. The lowest BCUT2D eigenvalue weighted by Gasteiger charge is -2.36. The van der Waals surface area contributed by atoms with Crippen molar-refractivity contribution in [1.82, 2.24) is 0 Å². The summed E-state index contributed by atoms with van der Waals surface area (Å²) in [6, 6.07) is 0. The third-order valence-electron chi connectivity index (χ3n) is 5.46. The smallest absolute Gasteiger partial charge is 0.0125 e. The molecule has 0 aromatic rings. The minimum absolute atomic E-state index is 0.522. The van der Waals surface area contributed by atoms with E-state index < -0.39 is 0 Å². The maximum absolute atomic E-state index is 3.33. The highest BCUT2D eigenvalue weighted by atomic mass is 31.0. The van der Waals surface area contributed by atoms with Crippen molar-refractivity contribution in [2.45, 2.75) is 129 Å². The van der Waals surface area contributed by atoms with Gasteiger partial charge in [0.05, 0.1) is 0 Å². The Kier molecular flexibility index (Phi) is 15.3. The summed E-state index contributed by atoms with van der Waals surface area (Å²) in [4.78, 5) is 0. The molecule has 0 nitrogen and oxygen atoms in total. The molecule has 2 unspecified atom stereocenters. The number of unbranched alkanes of at least 4 members (excludes halogenated alkanes) is 9. The van der Waals surface area contributed by atoms with Crippen LogP contribution in [-0.4, -0.2) is 5.16 Å². The lowest BCUT2D eigenvalue weighted by atomic mass is 9.80. The Morgan fingerprint density at radius 1 is 0.636 bits per heavy atom. The molecular weight excluding hydrogens is 283 g/mol. The normalized spacial score (nSPS) is 13.5. The van der Waals surface area contributed by atoms with Gasteiger partial charge in [0.15, 0.2) is 0 Å². The molecule has 0 spiro atoms. The van der Waals surface area contributed by atoms with Gasteiger partial charge in [-0.1, -0.05) is 105 Å². The van der Waals surface area contributed by atoms with Crippen LogP contribution in [0.3, 0.4) is 0 Å². The van der Waals surface area contributed by atoms with Crippen molar-refractivity contribution in [2.24, 2.45) is 5.92 Å². The van der Waals surface area contributed by atoms with Crippen LogP contribution in [0.25, 0.3) is 0 Å². The fourth-order valence-electron chi connectivity index (χ4n) is 3.54. The third-order valence-corrected chi connectivity index (χ3v) is 6.61. The van der Waals surface area contributed by atoms with Gasteiger partial charge in [0.2, 0.25) is 0 Å². The Labute approximate surface area is 144 Å². The third kappa shape index (κ3) is 11.0. The summed E-state index contributed by atoms with van der Waals surface area (Å²) < 4.78 is 0. The molecule has 0 rings (SSSR count). The summed E-state index contributed by atoms with van der Waals surface area (Å²) in [5, 5.41) is 0.522. The van der Waals surface area contributed by atoms with Crippen LogP contribution >= 0.6 is 9.24 Å². The zero-order valence-corrected chi connectivity index (χ0v) is 17.4. The van der Waals surface area contributed by atoms with Crippen molar-refractivity contribution >= 4 is 9.24 Å². The molecule has 0 amide bonds. The standard InChI is InChI=1S/C21H45P/c1-5-8-11-14-17-20(4)21(22,18-15-12-9-6-2)19-16-13-10-7-3/h20H,5-19,22H2,1-4H3. The SMILES string of the molecule is CCCCCCC(C)C(P)(CCCCCC)CCCCCC. The Balaban J connectivity index is 4.26. The van der Waals surface area contributed by atoms with Crippen molar-refractivity contribution < 1.29 is 0 Å². The second kappa shape index (κ2) is 15.0. The zero-order chi connectivity index (χ0) is 16.7. The second-order valence-electron chi connectivity index (χ2n) is 7.60. The Morgan fingerprint density at radius 3 is 1.45 bits per heavy atom. The molecule has 0 fully saturated rings. The van der Waals surface area contributed by atoms with Gasteiger partial charge in [-0.3, -0.25) is 0 Å². The Morgan fingerprint density at radius 2 is 1.05 bits per heavy atom. The van der Waals surface area contributed by atoms with Gasteiger partial charge >= 0.3 is 0 Å². The first-order chi connectivity index (χ1) is 10.6. The van der Waals surface area contributed by atoms with Crippen LogP contribution in [0.1, 0.15) is 124 Å². The van der Waals surface area contributed by atoms with Crippen LogP contribution in [-0.2, 0) is 0 Å². The van der Waals surface area contributed by atoms with E-state index in [2.05, 4.69) is 36.9 Å². The molecule has 0 aromatic carbocycles. The highest BCUT2D eigenvalue weighted by molar-refractivity contribution is 7.19. The van der Waals surface area contributed by atoms with Gasteiger partial charge in [-0.25, -0.2) is 0 Å². The molecule has 134 valence electrons. The van der Waals surface area contributed by atoms with E-state index in [0.29, 0.717) is 5.16 Å². The first-order valence-electron chi connectivity index (χ1n) is 10.4. The molecule has 0 aliphatic carbocycles. The molecule has 0 saturated carbocycles. The zero-order valence-electron chi connectivity index (χ0n) is 16.3. The molecular formula is C21H45P. The topological polar surface area (TPSA) is 0 Å². The Hall–Kier alpha value is 0.430. The van der Waals surface area contributed by atoms with E-state index in [1.807, 2.05) is 0 Å². The largest absolute Gasteiger partial charge is 0.131 e. The van der Waals surface area contributed by atoms with Crippen LogP contribution in [0.4, 0.5) is 0 Å². The fourth-order valence-corrected chi connectivity index (χ4v) is 4.12. The molecule has 0 aliphatic rings. The van der Waals surface area contributed by atoms with Gasteiger partial charge in [0.1, 0.15) is 0 Å². The molecule has 0 aliphatic heterocycles. The highest BCUT2D eigenvalue weighted by Gasteiger charge is 2.29. The van der Waals surface area contributed by atoms with Crippen molar-refractivity contribution in [1.29, 1.82) is 0 Å². The van der Waals surface area contributed by atoms with Gasteiger partial charge in [-0.15, -0.1) is 9.24 Å². The summed E-state index contributed by atoms with van der Waals surface area (Å²) in [5.41, 5.74) is 0. The molecule has 1 heteroatoms. The molecule has 0 heterocycles. The summed E-state index contributed by atoms with van der Waals surface area (Å²) in [6.45, 7) is 9.47. The molecule has 0 N–H and O–H groups in total. The maximum atomic E-state index is 3.33. The van der Waals surface area contributed by atoms with Crippen LogP contribution < -0.4 is 0 Å². The fraction of sp³-hybridized carbons (Fsp3) is 1.00. The van der Waals surface area contributed by atoms with E-state index in [0.717, 1.165) is 5.92 Å². The molecule has 0 aromatic heterocycles. The first-order valence-corrected chi connectivity index (χ1v) is 11.0. The quantitative estimate of drug-likeness (QED) is 0.198. The minimum atomic E-state index is 0.522. The van der Waals surface area contributed by atoms with E-state index >= 15 is 0 Å². The van der Waals surface area contributed by atoms with Crippen molar-refractivity contribution in [3.05, 3.63) is 0 Å². The lowest BCUT2D eigenvalue weighted by Crippen LogP contribution is -2.29. The second-order valence-corrected chi connectivity index (χ2v) is 8.75. The average molecular weight is 329 g/mol. The average Bonchev–Trinajstić information content (AvgIpc) is 2.52. The van der Waals surface area contributed by atoms with Gasteiger partial charge in [-0.2, -0.15) is 0 Å². The highest BCUT2D eigenvalue weighted by Crippen LogP contribution is 2.41. The van der Waals surface area contributed by atoms with Gasteiger partial charge < -0.3 is 0 Å². The molecule has 0 radical (unpaired) electrons. The predicted molar refractivity (Wildman–Crippen MR) is 108 cm³/mol. The predicted octanol–water partition coefficient (Wildman–Crippen LogP) is 8.15. The van der Waals surface area contributed by atoms with Crippen LogP contribution in [0.15, 0.2) is 0 Å². The maximum Gasteiger partial charge on any atom is -0.0125 e. The summed E-state index contributed by atoms with van der Waals surface area (Å²) in [6.07, 6.45) is 21.2. The van der Waals surface area contributed by atoms with Crippen LogP contribution in [0, 0.1) is 5.92 Å². The van der Waals surface area contributed by atoms with E-state index in [1.54, 1.807) is 0 Å². The van der Waals surface area contributed by atoms with E-state index in [4.69, 9.17) is 0 Å².